The maximum absolute atomic E-state index is 12.1. The molecule has 1 saturated carbocycles. The van der Waals surface area contributed by atoms with Gasteiger partial charge in [-0.3, -0.25) is 4.79 Å². The minimum Gasteiger partial charge on any atom is -0.331 e. The van der Waals surface area contributed by atoms with Gasteiger partial charge in [0.25, 0.3) is 0 Å². The van der Waals surface area contributed by atoms with Crippen molar-refractivity contribution in [2.75, 3.05) is 5.32 Å². The fourth-order valence-electron chi connectivity index (χ4n) is 2.35. The van der Waals surface area contributed by atoms with Crippen molar-refractivity contribution in [3.05, 3.63) is 27.2 Å². The van der Waals surface area contributed by atoms with Gasteiger partial charge in [-0.2, -0.15) is 0 Å². The largest absolute Gasteiger partial charge is 0.331 e. The molecule has 0 radical (unpaired) electrons. The van der Waals surface area contributed by atoms with Crippen LogP contribution in [0.3, 0.4) is 0 Å². The number of halogens is 3. The Morgan fingerprint density at radius 2 is 1.67 bits per heavy atom. The number of carbonyl (C=O) groups excluding carboxylic acids is 1. The molecule has 3 nitrogen and oxygen atoms in total. The molecule has 7 heteroatoms. The van der Waals surface area contributed by atoms with Crippen molar-refractivity contribution in [1.82, 2.24) is 5.32 Å². The van der Waals surface area contributed by atoms with Crippen LogP contribution >= 0.6 is 47.0 Å². The fraction of sp³-hybridized carbons (Fsp3) is 0.429. The van der Waals surface area contributed by atoms with E-state index in [1.165, 1.54) is 12.5 Å². The van der Waals surface area contributed by atoms with Crippen LogP contribution < -0.4 is 10.6 Å². The molecule has 0 heterocycles. The van der Waals surface area contributed by atoms with E-state index < -0.39 is 0 Å². The van der Waals surface area contributed by atoms with Crippen LogP contribution in [0.5, 0.6) is 0 Å². The van der Waals surface area contributed by atoms with Crippen molar-refractivity contribution in [2.45, 2.75) is 32.1 Å². The van der Waals surface area contributed by atoms with Gasteiger partial charge in [-0.1, -0.05) is 54.1 Å². The van der Waals surface area contributed by atoms with E-state index in [0.29, 0.717) is 20.8 Å². The number of anilines is 1. The molecule has 1 amide bonds. The van der Waals surface area contributed by atoms with E-state index in [9.17, 15) is 4.79 Å². The van der Waals surface area contributed by atoms with Crippen LogP contribution in [0, 0.1) is 5.92 Å². The highest BCUT2D eigenvalue weighted by atomic mass is 35.5. The number of benzene rings is 1. The molecular formula is C14H15Cl3N2OS. The van der Waals surface area contributed by atoms with Crippen LogP contribution in [0.25, 0.3) is 0 Å². The van der Waals surface area contributed by atoms with E-state index in [1.54, 1.807) is 6.07 Å². The Balaban J connectivity index is 1.95. The second-order valence-corrected chi connectivity index (χ2v) is 6.65. The summed E-state index contributed by atoms with van der Waals surface area (Å²) in [6, 6.07) is 3.10. The molecule has 1 aromatic rings. The molecule has 2 rings (SSSR count). The van der Waals surface area contributed by atoms with Crippen molar-refractivity contribution in [3.63, 3.8) is 0 Å². The van der Waals surface area contributed by atoms with Gasteiger partial charge in [-0.25, -0.2) is 0 Å². The number of thiocarbonyl (C=S) groups is 1. The summed E-state index contributed by atoms with van der Waals surface area (Å²) < 4.78 is 0. The monoisotopic (exact) mass is 364 g/mol. The molecule has 0 spiro atoms. The molecule has 114 valence electrons. The fourth-order valence-corrected chi connectivity index (χ4v) is 3.16. The first kappa shape index (κ1) is 16.8. The molecule has 0 aliphatic heterocycles. The summed E-state index contributed by atoms with van der Waals surface area (Å²) in [5.74, 6) is 0.00570. The minimum absolute atomic E-state index is 0.0385. The van der Waals surface area contributed by atoms with E-state index in [-0.39, 0.29) is 16.9 Å². The Hall–Kier alpha value is -0.550. The Bertz CT molecular complexity index is 559. The molecule has 21 heavy (non-hydrogen) atoms. The third-order valence-electron chi connectivity index (χ3n) is 3.47. The van der Waals surface area contributed by atoms with Crippen LogP contribution in [-0.2, 0) is 4.79 Å². The predicted octanol–water partition coefficient (Wildman–Crippen LogP) is 5.04. The van der Waals surface area contributed by atoms with Gasteiger partial charge in [0.05, 0.1) is 20.8 Å². The molecule has 1 aliphatic carbocycles. The van der Waals surface area contributed by atoms with Gasteiger partial charge in [0.1, 0.15) is 0 Å². The first-order valence-corrected chi connectivity index (χ1v) is 8.28. The third kappa shape index (κ3) is 4.71. The molecule has 0 aromatic heterocycles. The highest BCUT2D eigenvalue weighted by molar-refractivity contribution is 7.80. The quantitative estimate of drug-likeness (QED) is 0.570. The van der Waals surface area contributed by atoms with Crippen LogP contribution in [0.15, 0.2) is 12.1 Å². The number of hydrogen-bond donors (Lipinski definition) is 2. The molecular weight excluding hydrogens is 351 g/mol. The third-order valence-corrected chi connectivity index (χ3v) is 4.71. The maximum atomic E-state index is 12.1. The zero-order chi connectivity index (χ0) is 15.4. The summed E-state index contributed by atoms with van der Waals surface area (Å²) in [6.07, 6.45) is 5.23. The summed E-state index contributed by atoms with van der Waals surface area (Å²) >= 11 is 23.0. The van der Waals surface area contributed by atoms with Crippen molar-refractivity contribution in [1.29, 1.82) is 0 Å². The Morgan fingerprint density at radius 1 is 1.05 bits per heavy atom. The highest BCUT2D eigenvalue weighted by Crippen LogP contribution is 2.32. The summed E-state index contributed by atoms with van der Waals surface area (Å²) in [4.78, 5) is 12.1. The molecule has 0 atom stereocenters. The molecule has 0 saturated heterocycles. The summed E-state index contributed by atoms with van der Waals surface area (Å²) in [7, 11) is 0. The lowest BCUT2D eigenvalue weighted by atomic mass is 9.89. The average molecular weight is 366 g/mol. The van der Waals surface area contributed by atoms with Crippen LogP contribution in [0.2, 0.25) is 15.1 Å². The normalized spacial score (nSPS) is 15.6. The van der Waals surface area contributed by atoms with E-state index in [0.717, 1.165) is 25.7 Å². The van der Waals surface area contributed by atoms with Crippen molar-refractivity contribution in [2.24, 2.45) is 5.92 Å². The minimum atomic E-state index is -0.0385. The van der Waals surface area contributed by atoms with Gasteiger partial charge in [0.15, 0.2) is 5.11 Å². The molecule has 1 aromatic carbocycles. The summed E-state index contributed by atoms with van der Waals surface area (Å²) in [5, 5.41) is 6.91. The average Bonchev–Trinajstić information content (AvgIpc) is 2.45. The lowest BCUT2D eigenvalue weighted by Crippen LogP contribution is -2.39. The molecule has 2 N–H and O–H groups in total. The molecule has 1 fully saturated rings. The van der Waals surface area contributed by atoms with Crippen molar-refractivity contribution >= 4 is 63.7 Å². The van der Waals surface area contributed by atoms with Crippen LogP contribution in [0.4, 0.5) is 5.69 Å². The van der Waals surface area contributed by atoms with Gasteiger partial charge in [0.2, 0.25) is 5.91 Å². The number of rotatable bonds is 2. The Labute approximate surface area is 144 Å². The topological polar surface area (TPSA) is 41.1 Å². The highest BCUT2D eigenvalue weighted by Gasteiger charge is 2.21. The first-order valence-electron chi connectivity index (χ1n) is 6.74. The second kappa shape index (κ2) is 7.63. The second-order valence-electron chi connectivity index (χ2n) is 5.02. The van der Waals surface area contributed by atoms with Gasteiger partial charge >= 0.3 is 0 Å². The van der Waals surface area contributed by atoms with Crippen LogP contribution in [-0.4, -0.2) is 11.0 Å². The number of hydrogen-bond acceptors (Lipinski definition) is 2. The van der Waals surface area contributed by atoms with Crippen molar-refractivity contribution < 1.29 is 4.79 Å². The number of nitrogens with one attached hydrogen (secondary N) is 2. The predicted molar refractivity (Wildman–Crippen MR) is 92.4 cm³/mol. The van der Waals surface area contributed by atoms with Gasteiger partial charge in [-0.05, 0) is 37.2 Å². The van der Waals surface area contributed by atoms with Crippen molar-refractivity contribution in [3.8, 4) is 0 Å². The lowest BCUT2D eigenvalue weighted by Gasteiger charge is -2.21. The standard InChI is InChI=1S/C14H15Cl3N2OS/c15-9-6-11(17)12(7-10(9)16)18-14(21)19-13(20)8-4-2-1-3-5-8/h6-8H,1-5H2,(H2,18,19,20,21). The van der Waals surface area contributed by atoms with E-state index >= 15 is 0 Å². The van der Waals surface area contributed by atoms with Crippen LogP contribution in [0.1, 0.15) is 32.1 Å². The zero-order valence-electron chi connectivity index (χ0n) is 11.2. The number of amides is 1. The van der Waals surface area contributed by atoms with E-state index in [1.807, 2.05) is 0 Å². The number of carbonyl (C=O) groups is 1. The van der Waals surface area contributed by atoms with Gasteiger partial charge < -0.3 is 10.6 Å². The zero-order valence-corrected chi connectivity index (χ0v) is 14.3. The van der Waals surface area contributed by atoms with E-state index in [4.69, 9.17) is 47.0 Å². The smallest absolute Gasteiger partial charge is 0.229 e. The molecule has 0 bridgehead atoms. The van der Waals surface area contributed by atoms with E-state index in [2.05, 4.69) is 10.6 Å². The Kier molecular flexibility index (Phi) is 6.11. The Morgan fingerprint density at radius 3 is 2.33 bits per heavy atom. The summed E-state index contributed by atoms with van der Waals surface area (Å²) in [6.45, 7) is 0. The maximum Gasteiger partial charge on any atom is 0.229 e. The first-order chi connectivity index (χ1) is 9.97. The molecule has 1 aliphatic rings. The summed E-state index contributed by atoms with van der Waals surface area (Å²) in [5.41, 5.74) is 0.514. The van der Waals surface area contributed by atoms with Gasteiger partial charge in [-0.15, -0.1) is 0 Å². The molecule has 0 unspecified atom stereocenters. The lowest BCUT2D eigenvalue weighted by molar-refractivity contribution is -0.124. The SMILES string of the molecule is O=C(NC(=S)Nc1cc(Cl)c(Cl)cc1Cl)C1CCCCC1. The van der Waals surface area contributed by atoms with Gasteiger partial charge in [0, 0.05) is 5.92 Å².